The maximum atomic E-state index is 15.4. The van der Waals surface area contributed by atoms with Crippen molar-refractivity contribution in [1.82, 2.24) is 0 Å². The standard InChI is InChI=1S/C24BF20.C11H16NO4S/c26-5-1(6(27)14(35)21(42)13(5)34)25(2-7(28)15(36)22(43)16(37)8(2)29,3-9(30)17(38)23(44)18(39)10(3)31)4-11(32)19(40)24(45)20(41)12(4)33;13-4-6-17(7-5-14)9-10-2-1-3-11(8-10)12(15)16/h;1-3,8,13-14H,4-7,9H2/q-1;+1. The predicted molar refractivity (Wildman–Crippen MR) is 177 cm³/mol. The van der Waals surface area contributed by atoms with E-state index in [9.17, 15) is 62.8 Å². The van der Waals surface area contributed by atoms with Gasteiger partial charge in [-0.05, 0) is 10.9 Å². The molecule has 0 amide bonds. The Labute approximate surface area is 334 Å². The molecule has 0 saturated carbocycles. The van der Waals surface area contributed by atoms with Crippen molar-refractivity contribution in [2.45, 2.75) is 5.75 Å². The lowest BCUT2D eigenvalue weighted by molar-refractivity contribution is -0.384. The largest absolute Gasteiger partial charge is 0.391 e. The third-order valence-electron chi connectivity index (χ3n) is 8.96. The smallest absolute Gasteiger partial charge is 0.269 e. The van der Waals surface area contributed by atoms with Crippen molar-refractivity contribution in [3.05, 3.63) is 156 Å². The second-order valence-corrected chi connectivity index (χ2v) is 14.7. The van der Waals surface area contributed by atoms with Crippen molar-refractivity contribution < 1.29 is 103 Å². The molecule has 5 nitrogen and oxygen atoms in total. The first kappa shape index (κ1) is 49.1. The SMILES string of the molecule is Fc1c(F)c(F)c([B-](c2c(F)c(F)c(F)c(F)c2F)(c2c(F)c(F)c(F)c(F)c2F)c2c(F)c(F)c(F)c(F)c2F)c(F)c1F.O=[N+]([O-])c1cccc(C[S+](CCO)CCO)c1. The second kappa shape index (κ2) is 18.8. The normalized spacial score (nSPS) is 11.7. The summed E-state index contributed by atoms with van der Waals surface area (Å²) in [5.74, 6) is -69.5. The molecular weight excluding hydrogens is 921 g/mol. The number of nitro benzene ring substituents is 1. The number of benzene rings is 5. The van der Waals surface area contributed by atoms with E-state index >= 15 is 35.1 Å². The van der Waals surface area contributed by atoms with Gasteiger partial charge in [0.1, 0.15) is 69.9 Å². The summed E-state index contributed by atoms with van der Waals surface area (Å²) in [5, 5.41) is 28.4. The van der Waals surface area contributed by atoms with Crippen LogP contribution in [0.2, 0.25) is 0 Å². The molecular formula is C35H16BF20NO4S. The Hall–Kier alpha value is -5.57. The number of aliphatic hydroxyl groups is 2. The Bertz CT molecular complexity index is 2210. The molecule has 334 valence electrons. The van der Waals surface area contributed by atoms with Crippen LogP contribution in [-0.2, 0) is 16.6 Å². The fraction of sp³-hybridized carbons (Fsp3) is 0.143. The van der Waals surface area contributed by atoms with Crippen molar-refractivity contribution in [2.75, 3.05) is 24.7 Å². The van der Waals surface area contributed by atoms with Gasteiger partial charge in [0.05, 0.1) is 18.1 Å². The molecule has 62 heavy (non-hydrogen) atoms. The molecule has 5 aromatic carbocycles. The maximum Gasteiger partial charge on any atom is 0.269 e. The van der Waals surface area contributed by atoms with E-state index in [1.54, 1.807) is 12.1 Å². The van der Waals surface area contributed by atoms with Gasteiger partial charge in [-0.2, -0.15) is 0 Å². The Morgan fingerprint density at radius 2 is 0.677 bits per heavy atom. The number of nitrogens with zero attached hydrogens (tertiary/aromatic N) is 1. The maximum absolute atomic E-state index is 15.4. The summed E-state index contributed by atoms with van der Waals surface area (Å²) in [6, 6.07) is 6.50. The van der Waals surface area contributed by atoms with Crippen LogP contribution in [0.1, 0.15) is 5.56 Å². The fourth-order valence-electron chi connectivity index (χ4n) is 6.37. The van der Waals surface area contributed by atoms with Gasteiger partial charge >= 0.3 is 0 Å². The molecule has 0 saturated heterocycles. The lowest BCUT2D eigenvalue weighted by Gasteiger charge is -2.44. The van der Waals surface area contributed by atoms with Crippen molar-refractivity contribution in [2.24, 2.45) is 0 Å². The van der Waals surface area contributed by atoms with Crippen molar-refractivity contribution in [3.63, 3.8) is 0 Å². The zero-order chi connectivity index (χ0) is 47.0. The van der Waals surface area contributed by atoms with E-state index in [1.807, 2.05) is 6.07 Å². The fourth-order valence-corrected chi connectivity index (χ4v) is 8.03. The van der Waals surface area contributed by atoms with Gasteiger partial charge in [-0.25, -0.2) is 87.8 Å². The first-order chi connectivity index (χ1) is 28.9. The number of nitro groups is 1. The average molecular weight is 937 g/mol. The highest BCUT2D eigenvalue weighted by Gasteiger charge is 2.52. The van der Waals surface area contributed by atoms with E-state index in [-0.39, 0.29) is 29.8 Å². The first-order valence-electron chi connectivity index (χ1n) is 16.2. The predicted octanol–water partition coefficient (Wildman–Crippen LogP) is 6.54. The average Bonchev–Trinajstić information content (AvgIpc) is 3.24. The highest BCUT2D eigenvalue weighted by atomic mass is 32.2. The van der Waals surface area contributed by atoms with E-state index in [0.717, 1.165) is 5.56 Å². The molecule has 0 aromatic heterocycles. The van der Waals surface area contributed by atoms with Crippen LogP contribution in [0, 0.1) is 126 Å². The van der Waals surface area contributed by atoms with Gasteiger partial charge < -0.3 is 10.2 Å². The molecule has 5 rings (SSSR count). The van der Waals surface area contributed by atoms with Gasteiger partial charge in [-0.3, -0.25) is 10.1 Å². The molecule has 27 heteroatoms. The van der Waals surface area contributed by atoms with Crippen LogP contribution in [0.15, 0.2) is 24.3 Å². The van der Waals surface area contributed by atoms with Crippen molar-refractivity contribution >= 4 is 44.6 Å². The Morgan fingerprint density at radius 1 is 0.435 bits per heavy atom. The van der Waals surface area contributed by atoms with Gasteiger partial charge in [-0.15, -0.1) is 21.9 Å². The van der Waals surface area contributed by atoms with E-state index in [4.69, 9.17) is 10.2 Å². The van der Waals surface area contributed by atoms with E-state index in [2.05, 4.69) is 0 Å². The van der Waals surface area contributed by atoms with E-state index in [0.29, 0.717) is 17.3 Å². The van der Waals surface area contributed by atoms with Crippen LogP contribution < -0.4 is 21.9 Å². The van der Waals surface area contributed by atoms with E-state index < -0.39 is 149 Å². The molecule has 0 unspecified atom stereocenters. The molecule has 0 atom stereocenters. The summed E-state index contributed by atoms with van der Waals surface area (Å²) < 4.78 is 294. The summed E-state index contributed by atoms with van der Waals surface area (Å²) in [7, 11) is -0.120. The molecule has 0 aliphatic heterocycles. The zero-order valence-electron chi connectivity index (χ0n) is 29.5. The number of rotatable bonds is 11. The topological polar surface area (TPSA) is 83.6 Å². The summed E-state index contributed by atoms with van der Waals surface area (Å²) in [6.45, 7) is 0.163. The van der Waals surface area contributed by atoms with Gasteiger partial charge in [0.25, 0.3) is 5.69 Å². The van der Waals surface area contributed by atoms with Crippen molar-refractivity contribution in [1.29, 1.82) is 0 Å². The van der Waals surface area contributed by atoms with Crippen LogP contribution in [0.3, 0.4) is 0 Å². The summed E-state index contributed by atoms with van der Waals surface area (Å²) in [5.41, 5.74) is -13.4. The number of aliphatic hydroxyl groups excluding tert-OH is 2. The minimum Gasteiger partial charge on any atom is -0.391 e. The molecule has 0 spiro atoms. The quantitative estimate of drug-likeness (QED) is 0.0300. The Kier molecular flexibility index (Phi) is 14.9. The van der Waals surface area contributed by atoms with Gasteiger partial charge in [-0.1, -0.05) is 12.1 Å². The lowest BCUT2D eigenvalue weighted by Crippen LogP contribution is -2.81. The number of halogens is 20. The third kappa shape index (κ3) is 8.11. The molecule has 0 radical (unpaired) electrons. The number of hydrogen-bond acceptors (Lipinski definition) is 4. The zero-order valence-corrected chi connectivity index (χ0v) is 30.4. The molecule has 5 aromatic rings. The summed E-state index contributed by atoms with van der Waals surface area (Å²) >= 11 is 0. The molecule has 0 aliphatic carbocycles. The van der Waals surface area contributed by atoms with Crippen LogP contribution in [-0.4, -0.2) is 46.0 Å². The first-order valence-corrected chi connectivity index (χ1v) is 17.9. The lowest BCUT2D eigenvalue weighted by atomic mass is 9.12. The molecule has 0 bridgehead atoms. The molecule has 2 N–H and O–H groups in total. The molecule has 0 heterocycles. The Morgan fingerprint density at radius 3 is 0.903 bits per heavy atom. The van der Waals surface area contributed by atoms with Crippen LogP contribution in [0.4, 0.5) is 93.5 Å². The minimum atomic E-state index is -7.22. The van der Waals surface area contributed by atoms with Crippen LogP contribution >= 0.6 is 0 Å². The summed E-state index contributed by atoms with van der Waals surface area (Å²) in [4.78, 5) is 10.2. The van der Waals surface area contributed by atoms with Gasteiger partial charge in [0.15, 0.2) is 69.8 Å². The number of hydrogen-bond donors (Lipinski definition) is 2. The van der Waals surface area contributed by atoms with Gasteiger partial charge in [0, 0.05) is 17.7 Å². The third-order valence-corrected chi connectivity index (χ3v) is 11.2. The van der Waals surface area contributed by atoms with Gasteiger partial charge in [0.2, 0.25) is 0 Å². The highest BCUT2D eigenvalue weighted by molar-refractivity contribution is 7.96. The Balaban J connectivity index is 0.000000416. The van der Waals surface area contributed by atoms with Crippen molar-refractivity contribution in [3.8, 4) is 0 Å². The summed E-state index contributed by atoms with van der Waals surface area (Å²) in [6.07, 6.45) is -7.22. The number of non-ortho nitro benzene ring substituents is 1. The second-order valence-electron chi connectivity index (χ2n) is 12.3. The van der Waals surface area contributed by atoms with Crippen LogP contribution in [0.5, 0.6) is 0 Å². The monoisotopic (exact) mass is 937 g/mol. The van der Waals surface area contributed by atoms with E-state index in [1.165, 1.54) is 6.07 Å². The molecule has 0 aliphatic rings. The minimum absolute atomic E-state index is 0.0814. The highest BCUT2D eigenvalue weighted by Crippen LogP contribution is 2.31. The molecule has 0 fully saturated rings. The van der Waals surface area contributed by atoms with Crippen LogP contribution in [0.25, 0.3) is 0 Å².